The van der Waals surface area contributed by atoms with Gasteiger partial charge in [0.1, 0.15) is 30.3 Å². The van der Waals surface area contributed by atoms with Crippen LogP contribution in [0.15, 0.2) is 64.8 Å². The molecule has 0 saturated carbocycles. The van der Waals surface area contributed by atoms with Gasteiger partial charge in [0.15, 0.2) is 11.5 Å². The van der Waals surface area contributed by atoms with E-state index in [-0.39, 0.29) is 18.7 Å². The molecule has 0 atom stereocenters. The van der Waals surface area contributed by atoms with Gasteiger partial charge in [-0.25, -0.2) is 4.79 Å². The molecule has 0 unspecified atom stereocenters. The van der Waals surface area contributed by atoms with Crippen molar-refractivity contribution < 1.29 is 33.0 Å². The number of aryl methyl sites for hydroxylation is 2. The third kappa shape index (κ3) is 5.41. The number of benzene rings is 2. The van der Waals surface area contributed by atoms with Gasteiger partial charge in [0.25, 0.3) is 11.8 Å². The summed E-state index contributed by atoms with van der Waals surface area (Å²) >= 11 is 0. The van der Waals surface area contributed by atoms with Crippen LogP contribution in [-0.2, 0) is 16.1 Å². The van der Waals surface area contributed by atoms with Crippen LogP contribution in [0.3, 0.4) is 0 Å². The van der Waals surface area contributed by atoms with E-state index >= 15 is 0 Å². The number of rotatable bonds is 9. The number of barbiturate groups is 1. The number of urea groups is 1. The number of nitrogens with zero attached hydrogens (tertiary/aromatic N) is 1. The minimum absolute atomic E-state index is 0.0948. The molecule has 9 heteroatoms. The maximum Gasteiger partial charge on any atom is 0.331 e. The van der Waals surface area contributed by atoms with Gasteiger partial charge in [0, 0.05) is 0 Å². The van der Waals surface area contributed by atoms with E-state index < -0.39 is 17.8 Å². The molecule has 2 aromatic carbocycles. The van der Waals surface area contributed by atoms with Gasteiger partial charge < -0.3 is 18.6 Å². The number of hydrogen-bond acceptors (Lipinski definition) is 7. The summed E-state index contributed by atoms with van der Waals surface area (Å²) in [6.07, 6.45) is 2.84. The number of carbonyl (C=O) groups excluding carboxylic acids is 3. The Hall–Kier alpha value is -4.53. The number of furan rings is 1. The summed E-state index contributed by atoms with van der Waals surface area (Å²) in [5.74, 6) is 0.663. The van der Waals surface area contributed by atoms with Gasteiger partial charge in [-0.05, 0) is 60.9 Å². The predicted octanol–water partition coefficient (Wildman–Crippen LogP) is 4.02. The zero-order valence-electron chi connectivity index (χ0n) is 20.2. The van der Waals surface area contributed by atoms with Gasteiger partial charge in [-0.1, -0.05) is 24.3 Å². The smallest absolute Gasteiger partial charge is 0.331 e. The Kier molecular flexibility index (Phi) is 7.39. The number of ether oxygens (including phenoxy) is 3. The zero-order chi connectivity index (χ0) is 25.7. The van der Waals surface area contributed by atoms with Crippen molar-refractivity contribution in [1.29, 1.82) is 0 Å². The van der Waals surface area contributed by atoms with Crippen LogP contribution >= 0.6 is 0 Å². The molecule has 0 spiro atoms. The van der Waals surface area contributed by atoms with Crippen molar-refractivity contribution in [3.8, 4) is 17.2 Å². The molecule has 3 aromatic rings. The van der Waals surface area contributed by atoms with Crippen molar-refractivity contribution >= 4 is 23.9 Å². The molecule has 36 heavy (non-hydrogen) atoms. The second-order valence-corrected chi connectivity index (χ2v) is 8.12. The number of hydrogen-bond donors (Lipinski definition) is 1. The zero-order valence-corrected chi connectivity index (χ0v) is 20.2. The summed E-state index contributed by atoms with van der Waals surface area (Å²) in [6.45, 7) is 4.51. The first-order chi connectivity index (χ1) is 17.4. The maximum atomic E-state index is 12.9. The van der Waals surface area contributed by atoms with Crippen molar-refractivity contribution in [3.63, 3.8) is 0 Å². The molecule has 186 valence electrons. The Morgan fingerprint density at radius 3 is 2.39 bits per heavy atom. The fraction of sp³-hybridized carbons (Fsp3) is 0.222. The molecule has 2 heterocycles. The van der Waals surface area contributed by atoms with Crippen molar-refractivity contribution in [1.82, 2.24) is 10.2 Å². The maximum absolute atomic E-state index is 12.9. The van der Waals surface area contributed by atoms with E-state index in [0.29, 0.717) is 29.4 Å². The number of nitrogens with one attached hydrogen (secondary N) is 1. The Morgan fingerprint density at radius 2 is 1.69 bits per heavy atom. The van der Waals surface area contributed by atoms with Gasteiger partial charge in [0.05, 0.1) is 19.9 Å². The molecule has 1 aliphatic rings. The van der Waals surface area contributed by atoms with Gasteiger partial charge in [-0.3, -0.25) is 19.8 Å². The number of para-hydroxylation sites is 1. The second kappa shape index (κ2) is 10.8. The van der Waals surface area contributed by atoms with Crippen LogP contribution in [0, 0.1) is 13.8 Å². The molecule has 1 saturated heterocycles. The average Bonchev–Trinajstić information content (AvgIpc) is 3.37. The topological polar surface area (TPSA) is 107 Å². The van der Waals surface area contributed by atoms with Crippen LogP contribution < -0.4 is 19.5 Å². The minimum Gasteiger partial charge on any atom is -0.493 e. The summed E-state index contributed by atoms with van der Waals surface area (Å²) in [7, 11) is 1.49. The molecule has 9 nitrogen and oxygen atoms in total. The van der Waals surface area contributed by atoms with E-state index in [9.17, 15) is 14.4 Å². The van der Waals surface area contributed by atoms with Crippen molar-refractivity contribution in [2.75, 3.05) is 20.3 Å². The standard InChI is InChI=1S/C27H26N2O7/c1-17-6-4-7-18(2)24(17)36-13-12-35-22-10-9-19(15-23(22)33-3)14-21-25(30)28-27(32)29(26(21)31)16-20-8-5-11-34-20/h4-11,14-15H,12-13,16H2,1-3H3,(H,28,30,32)/b21-14-. The monoisotopic (exact) mass is 490 g/mol. The fourth-order valence-corrected chi connectivity index (χ4v) is 3.78. The third-order valence-electron chi connectivity index (χ3n) is 5.57. The highest BCUT2D eigenvalue weighted by molar-refractivity contribution is 6.30. The molecule has 0 radical (unpaired) electrons. The minimum atomic E-state index is -0.803. The number of carbonyl (C=O) groups is 3. The van der Waals surface area contributed by atoms with Crippen molar-refractivity contribution in [2.24, 2.45) is 0 Å². The van der Waals surface area contributed by atoms with E-state index in [4.69, 9.17) is 18.6 Å². The normalized spacial score (nSPS) is 14.7. The first-order valence-electron chi connectivity index (χ1n) is 11.3. The number of imide groups is 2. The second-order valence-electron chi connectivity index (χ2n) is 8.12. The molecular formula is C27H26N2O7. The first kappa shape index (κ1) is 24.6. The number of methoxy groups -OCH3 is 1. The fourth-order valence-electron chi connectivity index (χ4n) is 3.78. The van der Waals surface area contributed by atoms with Crippen molar-refractivity contribution in [2.45, 2.75) is 20.4 Å². The Morgan fingerprint density at radius 1 is 0.944 bits per heavy atom. The lowest BCUT2D eigenvalue weighted by atomic mass is 10.1. The first-order valence-corrected chi connectivity index (χ1v) is 11.3. The predicted molar refractivity (Wildman–Crippen MR) is 131 cm³/mol. The highest BCUT2D eigenvalue weighted by atomic mass is 16.5. The summed E-state index contributed by atoms with van der Waals surface area (Å²) in [4.78, 5) is 38.4. The molecule has 1 fully saturated rings. The largest absolute Gasteiger partial charge is 0.493 e. The SMILES string of the molecule is COc1cc(/C=C2/C(=O)NC(=O)N(Cc3ccco3)C2=O)ccc1OCCOc1c(C)cccc1C. The quantitative estimate of drug-likeness (QED) is 0.274. The Balaban J connectivity index is 1.45. The van der Waals surface area contributed by atoms with Crippen LogP contribution in [0.25, 0.3) is 6.08 Å². The molecule has 1 aliphatic heterocycles. The Labute approximate surface area is 208 Å². The summed E-state index contributed by atoms with van der Waals surface area (Å²) < 4.78 is 22.3. The Bertz CT molecular complexity index is 1290. The van der Waals surface area contributed by atoms with Crippen LogP contribution in [-0.4, -0.2) is 43.1 Å². The lowest BCUT2D eigenvalue weighted by Crippen LogP contribution is -2.53. The molecule has 1 N–H and O–H groups in total. The van der Waals surface area contributed by atoms with Gasteiger partial charge in [-0.2, -0.15) is 0 Å². The van der Waals surface area contributed by atoms with Crippen molar-refractivity contribution in [3.05, 3.63) is 82.8 Å². The molecule has 0 aliphatic carbocycles. The van der Waals surface area contributed by atoms with E-state index in [1.807, 2.05) is 32.0 Å². The molecule has 4 amide bonds. The van der Waals surface area contributed by atoms with Gasteiger partial charge >= 0.3 is 6.03 Å². The highest BCUT2D eigenvalue weighted by Crippen LogP contribution is 2.30. The van der Waals surface area contributed by atoms with Crippen LogP contribution in [0.4, 0.5) is 4.79 Å². The third-order valence-corrected chi connectivity index (χ3v) is 5.57. The summed E-state index contributed by atoms with van der Waals surface area (Å²) in [5, 5.41) is 2.19. The van der Waals surface area contributed by atoms with Crippen LogP contribution in [0.5, 0.6) is 17.2 Å². The van der Waals surface area contributed by atoms with E-state index in [1.54, 1.807) is 30.3 Å². The summed E-state index contributed by atoms with van der Waals surface area (Å²) in [6, 6.07) is 13.4. The van der Waals surface area contributed by atoms with Crippen LogP contribution in [0.2, 0.25) is 0 Å². The highest BCUT2D eigenvalue weighted by Gasteiger charge is 2.36. The summed E-state index contributed by atoms with van der Waals surface area (Å²) in [5.41, 5.74) is 2.45. The lowest BCUT2D eigenvalue weighted by molar-refractivity contribution is -0.130. The lowest BCUT2D eigenvalue weighted by Gasteiger charge is -2.25. The van der Waals surface area contributed by atoms with Crippen LogP contribution in [0.1, 0.15) is 22.5 Å². The molecule has 4 rings (SSSR count). The van der Waals surface area contributed by atoms with E-state index in [2.05, 4.69) is 5.32 Å². The average molecular weight is 491 g/mol. The van der Waals surface area contributed by atoms with E-state index in [0.717, 1.165) is 21.8 Å². The molecule has 1 aromatic heterocycles. The van der Waals surface area contributed by atoms with Gasteiger partial charge in [0.2, 0.25) is 0 Å². The molecular weight excluding hydrogens is 464 g/mol. The number of amides is 4. The van der Waals surface area contributed by atoms with Gasteiger partial charge in [-0.15, -0.1) is 0 Å². The van der Waals surface area contributed by atoms with E-state index in [1.165, 1.54) is 19.4 Å². The molecule has 0 bridgehead atoms.